The Morgan fingerprint density at radius 1 is 0.618 bits per heavy atom. The molecule has 34 heavy (non-hydrogen) atoms. The van der Waals surface area contributed by atoms with Gasteiger partial charge in [-0.15, -0.1) is 0 Å². The monoisotopic (exact) mass is 502 g/mol. The van der Waals surface area contributed by atoms with Crippen molar-refractivity contribution in [2.45, 2.75) is 39.2 Å². The Balaban J connectivity index is -0.000000185. The van der Waals surface area contributed by atoms with Crippen LogP contribution in [0.4, 0.5) is 0 Å². The zero-order valence-corrected chi connectivity index (χ0v) is 18.6. The molecule has 0 amide bonds. The first-order valence-electron chi connectivity index (χ1n) is 8.70. The fourth-order valence-corrected chi connectivity index (χ4v) is 1.44. The normalized spacial score (nSPS) is 11.9. The van der Waals surface area contributed by atoms with Gasteiger partial charge >= 0.3 is 23.9 Å². The van der Waals surface area contributed by atoms with Crippen molar-refractivity contribution in [2.75, 3.05) is 19.6 Å². The molecule has 18 heteroatoms. The second kappa shape index (κ2) is 19.8. The molecule has 198 valence electrons. The zero-order valence-electron chi connectivity index (χ0n) is 18.6. The molecule has 1 fully saturated rings. The molecule has 1 saturated carbocycles. The highest BCUT2D eigenvalue weighted by Crippen LogP contribution is 2.38. The SMILES string of the molecule is CC(=O)O.CC(=O)O.CC(=O)O.NN(N)C1(C(=O)O)CC1.O=C(O)CN(CC(=O)O)CC(=O)O. The van der Waals surface area contributed by atoms with Gasteiger partial charge in [-0.1, -0.05) is 0 Å². The Kier molecular flexibility index (Phi) is 21.8. The Labute approximate surface area is 192 Å². The average Bonchev–Trinajstić information content (AvgIpc) is 3.33. The molecular formula is C16H30N4O14. The Morgan fingerprint density at radius 3 is 0.882 bits per heavy atom. The first-order valence-corrected chi connectivity index (χ1v) is 8.70. The van der Waals surface area contributed by atoms with Crippen molar-refractivity contribution in [3.05, 3.63) is 0 Å². The number of nitrogens with zero attached hydrogens (tertiary/aromatic N) is 2. The summed E-state index contributed by atoms with van der Waals surface area (Å²) < 4.78 is 0. The minimum Gasteiger partial charge on any atom is -0.481 e. The van der Waals surface area contributed by atoms with E-state index >= 15 is 0 Å². The molecule has 18 nitrogen and oxygen atoms in total. The molecule has 1 aliphatic rings. The molecule has 11 N–H and O–H groups in total. The summed E-state index contributed by atoms with van der Waals surface area (Å²) in [5.41, 5.74) is -0.944. The van der Waals surface area contributed by atoms with Crippen molar-refractivity contribution in [2.24, 2.45) is 11.7 Å². The van der Waals surface area contributed by atoms with E-state index in [9.17, 15) is 19.2 Å². The van der Waals surface area contributed by atoms with E-state index in [1.54, 1.807) is 0 Å². The van der Waals surface area contributed by atoms with Gasteiger partial charge < -0.3 is 35.7 Å². The molecule has 1 aliphatic carbocycles. The first-order chi connectivity index (χ1) is 15.2. The number of carboxylic acids is 7. The van der Waals surface area contributed by atoms with Crippen molar-refractivity contribution in [3.63, 3.8) is 0 Å². The van der Waals surface area contributed by atoms with Gasteiger partial charge in [0.05, 0.1) is 19.6 Å². The van der Waals surface area contributed by atoms with Crippen LogP contribution in [-0.4, -0.2) is 113 Å². The highest BCUT2D eigenvalue weighted by atomic mass is 16.4. The fourth-order valence-electron chi connectivity index (χ4n) is 1.44. The summed E-state index contributed by atoms with van der Waals surface area (Å²) in [7, 11) is 0. The molecule has 0 aromatic rings. The van der Waals surface area contributed by atoms with Crippen LogP contribution in [0.3, 0.4) is 0 Å². The van der Waals surface area contributed by atoms with E-state index in [-0.39, 0.29) is 0 Å². The van der Waals surface area contributed by atoms with Crippen LogP contribution >= 0.6 is 0 Å². The van der Waals surface area contributed by atoms with Gasteiger partial charge in [-0.3, -0.25) is 50.1 Å². The van der Waals surface area contributed by atoms with E-state index in [2.05, 4.69) is 0 Å². The van der Waals surface area contributed by atoms with Crippen LogP contribution < -0.4 is 11.7 Å². The minimum atomic E-state index is -1.26. The number of nitrogens with two attached hydrogens (primary N) is 2. The van der Waals surface area contributed by atoms with Crippen molar-refractivity contribution in [1.82, 2.24) is 10.0 Å². The third-order valence-corrected chi connectivity index (χ3v) is 2.69. The molecule has 0 atom stereocenters. The van der Waals surface area contributed by atoms with Crippen LogP contribution in [0.15, 0.2) is 0 Å². The molecular weight excluding hydrogens is 472 g/mol. The smallest absolute Gasteiger partial charge is 0.327 e. The van der Waals surface area contributed by atoms with Crippen LogP contribution in [0.1, 0.15) is 33.6 Å². The summed E-state index contributed by atoms with van der Waals surface area (Å²) in [5, 5.41) is 56.3. The number of carboxylic acid groups (broad SMARTS) is 7. The quantitative estimate of drug-likeness (QED) is 0.122. The number of hydrogen-bond donors (Lipinski definition) is 9. The molecule has 0 unspecified atom stereocenters. The van der Waals surface area contributed by atoms with Gasteiger partial charge in [-0.25, -0.2) is 0 Å². The van der Waals surface area contributed by atoms with Gasteiger partial charge in [0.15, 0.2) is 0 Å². The van der Waals surface area contributed by atoms with Crippen LogP contribution in [-0.2, 0) is 33.6 Å². The van der Waals surface area contributed by atoms with E-state index in [4.69, 9.17) is 61.8 Å². The lowest BCUT2D eigenvalue weighted by Crippen LogP contribution is -2.52. The van der Waals surface area contributed by atoms with E-state index in [0.29, 0.717) is 12.8 Å². The fraction of sp³-hybridized carbons (Fsp3) is 0.562. The molecule has 0 aliphatic heterocycles. The third kappa shape index (κ3) is 32.8. The summed E-state index contributed by atoms with van der Waals surface area (Å²) in [6.45, 7) is 1.45. The van der Waals surface area contributed by atoms with Gasteiger partial charge in [-0.2, -0.15) is 5.12 Å². The summed E-state index contributed by atoms with van der Waals surface area (Å²) in [6.07, 6.45) is 1.10. The van der Waals surface area contributed by atoms with E-state index in [1.807, 2.05) is 0 Å². The van der Waals surface area contributed by atoms with Crippen LogP contribution in [0.25, 0.3) is 0 Å². The number of carbonyl (C=O) groups is 7. The molecule has 0 bridgehead atoms. The lowest BCUT2D eigenvalue weighted by molar-refractivity contribution is -0.146. The van der Waals surface area contributed by atoms with Crippen LogP contribution in [0, 0.1) is 0 Å². The maximum Gasteiger partial charge on any atom is 0.327 e. The highest BCUT2D eigenvalue weighted by molar-refractivity contribution is 5.82. The number of hydrazine groups is 2. The van der Waals surface area contributed by atoms with Crippen molar-refractivity contribution in [3.8, 4) is 0 Å². The highest BCUT2D eigenvalue weighted by Gasteiger charge is 2.54. The lowest BCUT2D eigenvalue weighted by Gasteiger charge is -2.16. The third-order valence-electron chi connectivity index (χ3n) is 2.69. The predicted molar refractivity (Wildman–Crippen MR) is 109 cm³/mol. The maximum absolute atomic E-state index is 10.3. The van der Waals surface area contributed by atoms with Gasteiger partial charge in [0.1, 0.15) is 5.54 Å². The molecule has 0 spiro atoms. The van der Waals surface area contributed by atoms with Crippen molar-refractivity contribution >= 4 is 41.8 Å². The van der Waals surface area contributed by atoms with Crippen molar-refractivity contribution < 1.29 is 69.3 Å². The largest absolute Gasteiger partial charge is 0.481 e. The standard InChI is InChI=1S/C6H9NO6.C4H9N3O2.3C2H4O2/c8-4(9)1-7(2-5(10)11)3-6(12)13;5-7(6)4(1-2-4)3(8)9;3*1-2(3)4/h1-3H2,(H,8,9)(H,10,11)(H,12,13);1-2,5-6H2,(H,8,9);3*1H3,(H,3,4). The molecule has 0 saturated heterocycles. The topological polar surface area (TPSA) is 320 Å². The van der Waals surface area contributed by atoms with E-state index < -0.39 is 67.0 Å². The summed E-state index contributed by atoms with van der Waals surface area (Å²) in [6, 6.07) is 0. The second-order valence-corrected chi connectivity index (χ2v) is 6.13. The van der Waals surface area contributed by atoms with Crippen LogP contribution in [0.2, 0.25) is 0 Å². The van der Waals surface area contributed by atoms with E-state index in [0.717, 1.165) is 30.8 Å². The number of hydrogen-bond acceptors (Lipinski definition) is 11. The second-order valence-electron chi connectivity index (χ2n) is 6.13. The van der Waals surface area contributed by atoms with Crippen molar-refractivity contribution in [1.29, 1.82) is 0 Å². The average molecular weight is 502 g/mol. The maximum atomic E-state index is 10.3. The molecule has 1 rings (SSSR count). The predicted octanol–water partition coefficient (Wildman–Crippen LogP) is -2.53. The van der Waals surface area contributed by atoms with Gasteiger partial charge in [0.2, 0.25) is 0 Å². The summed E-state index contributed by atoms with van der Waals surface area (Å²) >= 11 is 0. The lowest BCUT2D eigenvalue weighted by atomic mass is 10.3. The Morgan fingerprint density at radius 2 is 0.824 bits per heavy atom. The zero-order chi connectivity index (χ0) is 28.2. The minimum absolute atomic E-state index is 0.551. The van der Waals surface area contributed by atoms with Gasteiger partial charge in [0, 0.05) is 20.8 Å². The van der Waals surface area contributed by atoms with Gasteiger partial charge in [-0.05, 0) is 12.8 Å². The summed E-state index contributed by atoms with van der Waals surface area (Å²) in [4.78, 5) is 68.6. The molecule has 0 aromatic heterocycles. The molecule has 0 heterocycles. The number of aliphatic carboxylic acids is 7. The molecule has 0 aromatic carbocycles. The Hall–Kier alpha value is -3.87. The van der Waals surface area contributed by atoms with Gasteiger partial charge in [0.25, 0.3) is 17.9 Å². The summed E-state index contributed by atoms with van der Waals surface area (Å²) in [5.74, 6) is 2.91. The van der Waals surface area contributed by atoms with E-state index in [1.165, 1.54) is 0 Å². The molecule has 0 radical (unpaired) electrons. The first kappa shape index (κ1) is 37.4. The Bertz CT molecular complexity index is 627. The van der Waals surface area contributed by atoms with Crippen LogP contribution in [0.5, 0.6) is 0 Å². The number of rotatable bonds is 8.